The van der Waals surface area contributed by atoms with Crippen LogP contribution in [0.5, 0.6) is 0 Å². The molecule has 1 saturated heterocycles. The second-order valence-corrected chi connectivity index (χ2v) is 5.07. The van der Waals surface area contributed by atoms with E-state index >= 15 is 0 Å². The average molecular weight is 228 g/mol. The Morgan fingerprint density at radius 3 is 2.88 bits per heavy atom. The molecule has 1 amide bonds. The highest BCUT2D eigenvalue weighted by molar-refractivity contribution is 5.76. The summed E-state index contributed by atoms with van der Waals surface area (Å²) in [7, 11) is 1.90. The summed E-state index contributed by atoms with van der Waals surface area (Å²) in [5, 5.41) is 6.13. The van der Waals surface area contributed by atoms with Gasteiger partial charge in [0.1, 0.15) is 0 Å². The SMILES string of the molecule is CNCCCC(=O)NC1CCOC(C)(C)C1. The molecule has 1 fully saturated rings. The first kappa shape index (κ1) is 13.5. The Morgan fingerprint density at radius 1 is 1.50 bits per heavy atom. The lowest BCUT2D eigenvalue weighted by molar-refractivity contribution is -0.124. The van der Waals surface area contributed by atoms with Gasteiger partial charge in [-0.15, -0.1) is 0 Å². The first-order valence-corrected chi connectivity index (χ1v) is 6.11. The molecule has 16 heavy (non-hydrogen) atoms. The van der Waals surface area contributed by atoms with E-state index in [-0.39, 0.29) is 17.6 Å². The minimum Gasteiger partial charge on any atom is -0.375 e. The molecule has 4 nitrogen and oxygen atoms in total. The lowest BCUT2D eigenvalue weighted by Crippen LogP contribution is -2.45. The van der Waals surface area contributed by atoms with Gasteiger partial charge >= 0.3 is 0 Å². The second-order valence-electron chi connectivity index (χ2n) is 5.07. The first-order chi connectivity index (χ1) is 7.53. The summed E-state index contributed by atoms with van der Waals surface area (Å²) in [4.78, 5) is 11.6. The number of nitrogens with one attached hydrogen (secondary N) is 2. The molecule has 94 valence electrons. The molecule has 0 radical (unpaired) electrons. The fraction of sp³-hybridized carbons (Fsp3) is 0.917. The van der Waals surface area contributed by atoms with Crippen molar-refractivity contribution in [2.75, 3.05) is 20.2 Å². The quantitative estimate of drug-likeness (QED) is 0.692. The summed E-state index contributed by atoms with van der Waals surface area (Å²) >= 11 is 0. The van der Waals surface area contributed by atoms with Crippen molar-refractivity contribution in [3.63, 3.8) is 0 Å². The molecule has 1 heterocycles. The van der Waals surface area contributed by atoms with Crippen LogP contribution in [0.2, 0.25) is 0 Å². The van der Waals surface area contributed by atoms with Crippen LogP contribution < -0.4 is 10.6 Å². The topological polar surface area (TPSA) is 50.4 Å². The number of carbonyl (C=O) groups is 1. The molecule has 1 aliphatic heterocycles. The smallest absolute Gasteiger partial charge is 0.220 e. The van der Waals surface area contributed by atoms with E-state index in [9.17, 15) is 4.79 Å². The van der Waals surface area contributed by atoms with Crippen molar-refractivity contribution < 1.29 is 9.53 Å². The molecule has 0 saturated carbocycles. The predicted octanol–water partition coefficient (Wildman–Crippen LogP) is 1.06. The van der Waals surface area contributed by atoms with Crippen LogP contribution >= 0.6 is 0 Å². The molecule has 4 heteroatoms. The summed E-state index contributed by atoms with van der Waals surface area (Å²) < 4.78 is 5.61. The summed E-state index contributed by atoms with van der Waals surface area (Å²) in [6, 6.07) is 0.283. The average Bonchev–Trinajstić information content (AvgIpc) is 2.16. The Kier molecular flexibility index (Phi) is 5.22. The van der Waals surface area contributed by atoms with Crippen molar-refractivity contribution in [3.8, 4) is 0 Å². The Bertz CT molecular complexity index is 229. The molecule has 2 N–H and O–H groups in total. The Hall–Kier alpha value is -0.610. The standard InChI is InChI=1S/C12H24N2O2/c1-12(2)9-10(6-8-16-12)14-11(15)5-4-7-13-3/h10,13H,4-9H2,1-3H3,(H,14,15). The molecule has 0 bridgehead atoms. The number of rotatable bonds is 5. The highest BCUT2D eigenvalue weighted by Crippen LogP contribution is 2.23. The molecule has 1 aliphatic rings. The number of hydrogen-bond acceptors (Lipinski definition) is 3. The second kappa shape index (κ2) is 6.21. The minimum absolute atomic E-state index is 0.0961. The third-order valence-corrected chi connectivity index (χ3v) is 2.89. The molecule has 0 aromatic carbocycles. The van der Waals surface area contributed by atoms with Gasteiger partial charge in [-0.1, -0.05) is 0 Å². The van der Waals surface area contributed by atoms with Gasteiger partial charge in [0, 0.05) is 19.1 Å². The molecule has 1 rings (SSSR count). The van der Waals surface area contributed by atoms with Crippen LogP contribution in [0.1, 0.15) is 39.5 Å². The monoisotopic (exact) mass is 228 g/mol. The van der Waals surface area contributed by atoms with E-state index in [4.69, 9.17) is 4.74 Å². The van der Waals surface area contributed by atoms with Gasteiger partial charge in [0.05, 0.1) is 5.60 Å². The van der Waals surface area contributed by atoms with E-state index < -0.39 is 0 Å². The van der Waals surface area contributed by atoms with Crippen LogP contribution in [0, 0.1) is 0 Å². The summed E-state index contributed by atoms with van der Waals surface area (Å²) in [6.07, 6.45) is 3.35. The van der Waals surface area contributed by atoms with Crippen LogP contribution in [0.15, 0.2) is 0 Å². The lowest BCUT2D eigenvalue weighted by atomic mass is 9.94. The Morgan fingerprint density at radius 2 is 2.25 bits per heavy atom. The van der Waals surface area contributed by atoms with E-state index in [0.717, 1.165) is 32.4 Å². The maximum absolute atomic E-state index is 11.6. The van der Waals surface area contributed by atoms with E-state index in [2.05, 4.69) is 24.5 Å². The number of amides is 1. The number of ether oxygens (including phenoxy) is 1. The summed E-state index contributed by atoms with van der Waals surface area (Å²) in [5.41, 5.74) is -0.0961. The van der Waals surface area contributed by atoms with Gasteiger partial charge in [-0.05, 0) is 46.7 Å². The number of carbonyl (C=O) groups excluding carboxylic acids is 1. The lowest BCUT2D eigenvalue weighted by Gasteiger charge is -2.35. The van der Waals surface area contributed by atoms with Gasteiger partial charge in [0.25, 0.3) is 0 Å². The third kappa shape index (κ3) is 4.94. The van der Waals surface area contributed by atoms with E-state index in [1.807, 2.05) is 7.05 Å². The van der Waals surface area contributed by atoms with Crippen molar-refractivity contribution >= 4 is 5.91 Å². The van der Waals surface area contributed by atoms with Crippen LogP contribution in [0.3, 0.4) is 0 Å². The van der Waals surface area contributed by atoms with Crippen molar-refractivity contribution in [1.29, 1.82) is 0 Å². The normalized spacial score (nSPS) is 24.1. The molecule has 0 spiro atoms. The molecular formula is C12H24N2O2. The molecular weight excluding hydrogens is 204 g/mol. The van der Waals surface area contributed by atoms with Gasteiger partial charge in [-0.25, -0.2) is 0 Å². The zero-order chi connectivity index (χ0) is 12.0. The Balaban J connectivity index is 2.23. The van der Waals surface area contributed by atoms with Crippen LogP contribution in [0.4, 0.5) is 0 Å². The van der Waals surface area contributed by atoms with Crippen molar-refractivity contribution in [2.24, 2.45) is 0 Å². The molecule has 1 unspecified atom stereocenters. The van der Waals surface area contributed by atoms with Crippen LogP contribution in [-0.4, -0.2) is 37.7 Å². The fourth-order valence-electron chi connectivity index (χ4n) is 2.08. The molecule has 0 aliphatic carbocycles. The third-order valence-electron chi connectivity index (χ3n) is 2.89. The van der Waals surface area contributed by atoms with Crippen LogP contribution in [-0.2, 0) is 9.53 Å². The van der Waals surface area contributed by atoms with Gasteiger partial charge in [0.2, 0.25) is 5.91 Å². The number of hydrogen-bond donors (Lipinski definition) is 2. The maximum atomic E-state index is 11.6. The summed E-state index contributed by atoms with van der Waals surface area (Å²) in [5.74, 6) is 0.165. The maximum Gasteiger partial charge on any atom is 0.220 e. The zero-order valence-electron chi connectivity index (χ0n) is 10.6. The van der Waals surface area contributed by atoms with Crippen molar-refractivity contribution in [3.05, 3.63) is 0 Å². The van der Waals surface area contributed by atoms with Crippen molar-refractivity contribution in [1.82, 2.24) is 10.6 Å². The minimum atomic E-state index is -0.0961. The van der Waals surface area contributed by atoms with E-state index in [1.165, 1.54) is 0 Å². The van der Waals surface area contributed by atoms with Gasteiger partial charge in [0.15, 0.2) is 0 Å². The Labute approximate surface area is 98.1 Å². The van der Waals surface area contributed by atoms with Crippen molar-refractivity contribution in [2.45, 2.75) is 51.2 Å². The van der Waals surface area contributed by atoms with Crippen LogP contribution in [0.25, 0.3) is 0 Å². The molecule has 1 atom stereocenters. The van der Waals surface area contributed by atoms with Gasteiger partial charge in [-0.2, -0.15) is 0 Å². The summed E-state index contributed by atoms with van der Waals surface area (Å²) in [6.45, 7) is 5.79. The molecule has 0 aromatic rings. The highest BCUT2D eigenvalue weighted by Gasteiger charge is 2.29. The largest absolute Gasteiger partial charge is 0.375 e. The van der Waals surface area contributed by atoms with E-state index in [1.54, 1.807) is 0 Å². The van der Waals surface area contributed by atoms with E-state index in [0.29, 0.717) is 6.42 Å². The highest BCUT2D eigenvalue weighted by atomic mass is 16.5. The predicted molar refractivity (Wildman–Crippen MR) is 64.4 cm³/mol. The van der Waals surface area contributed by atoms with Gasteiger partial charge in [-0.3, -0.25) is 4.79 Å². The first-order valence-electron chi connectivity index (χ1n) is 6.11. The fourth-order valence-corrected chi connectivity index (χ4v) is 2.08. The van der Waals surface area contributed by atoms with Gasteiger partial charge < -0.3 is 15.4 Å². The zero-order valence-corrected chi connectivity index (χ0v) is 10.6. The molecule has 0 aromatic heterocycles.